The van der Waals surface area contributed by atoms with Gasteiger partial charge in [-0.25, -0.2) is 0 Å². The van der Waals surface area contributed by atoms with E-state index in [9.17, 15) is 29.1 Å². The average molecular weight is 1020 g/mol. The predicted molar refractivity (Wildman–Crippen MR) is 259 cm³/mol. The Kier molecular flexibility index (Phi) is 16.2. The second-order valence-corrected chi connectivity index (χ2v) is 21.9. The van der Waals surface area contributed by atoms with Crippen molar-refractivity contribution >= 4 is 29.4 Å². The highest BCUT2D eigenvalue weighted by molar-refractivity contribution is 5.92. The van der Waals surface area contributed by atoms with Crippen LogP contribution in [-0.4, -0.2) is 171 Å². The molecule has 10 aliphatic heterocycles. The van der Waals surface area contributed by atoms with Gasteiger partial charge >= 0.3 is 0 Å². The van der Waals surface area contributed by atoms with E-state index in [0.29, 0.717) is 32.1 Å². The van der Waals surface area contributed by atoms with Crippen LogP contribution < -0.4 is 21.3 Å². The Bertz CT molecular complexity index is 2220. The van der Waals surface area contributed by atoms with Crippen molar-refractivity contribution in [1.82, 2.24) is 21.3 Å². The topological polar surface area (TPSA) is 237 Å². The van der Waals surface area contributed by atoms with E-state index < -0.39 is 84.5 Å². The number of aliphatic hydroxyl groups is 1. The smallest absolute Gasteiger partial charge is 0.243 e. The summed E-state index contributed by atoms with van der Waals surface area (Å²) < 4.78 is 60.4. The Morgan fingerprint density at radius 1 is 0.740 bits per heavy atom. The molecule has 19 nitrogen and oxygen atoms in total. The molecule has 0 aliphatic carbocycles. The maximum absolute atomic E-state index is 14.4. The maximum Gasteiger partial charge on any atom is 0.243 e. The third-order valence-corrected chi connectivity index (χ3v) is 16.7. The minimum Gasteiger partial charge on any atom is -0.391 e. The molecule has 0 saturated carbocycles. The first-order valence-corrected chi connectivity index (χ1v) is 26.7. The number of nitrogens with one attached hydrogen (secondary N) is 4. The molecule has 10 aliphatic rings. The molecule has 1 aromatic carbocycles. The molecule has 1 aromatic rings. The number of hydrogen-bond acceptors (Lipinski definition) is 15. The number of fused-ring (bicyclic) bond motifs is 6. The molecular formula is C54H74N4O15. The van der Waals surface area contributed by atoms with E-state index in [4.69, 9.17) is 42.6 Å². The summed E-state index contributed by atoms with van der Waals surface area (Å²) in [5.74, 6) is -3.33. The van der Waals surface area contributed by atoms with Gasteiger partial charge in [0.05, 0.1) is 80.2 Å². The van der Waals surface area contributed by atoms with Gasteiger partial charge in [0.15, 0.2) is 5.79 Å². The minimum absolute atomic E-state index is 0.00476. The highest BCUT2D eigenvalue weighted by Gasteiger charge is 2.69. The van der Waals surface area contributed by atoms with Gasteiger partial charge in [-0.15, -0.1) is 0 Å². The molecule has 19 atom stereocenters. The molecule has 0 radical (unpaired) electrons. The summed E-state index contributed by atoms with van der Waals surface area (Å²) >= 11 is 0. The molecule has 2 unspecified atom stereocenters. The lowest BCUT2D eigenvalue weighted by Crippen LogP contribution is -2.61. The molecule has 1 spiro atoms. The molecular weight excluding hydrogens is 945 g/mol. The monoisotopic (exact) mass is 1020 g/mol. The van der Waals surface area contributed by atoms with E-state index in [1.54, 1.807) is 7.11 Å². The van der Waals surface area contributed by atoms with Crippen LogP contribution in [0.4, 0.5) is 0 Å². The zero-order valence-corrected chi connectivity index (χ0v) is 42.1. The number of rotatable bonds is 13. The summed E-state index contributed by atoms with van der Waals surface area (Å²) in [5.41, 5.74) is 2.84. The fourth-order valence-corrected chi connectivity index (χ4v) is 13.1. The summed E-state index contributed by atoms with van der Waals surface area (Å²) in [6.07, 6.45) is 2.85. The average Bonchev–Trinajstić information content (AvgIpc) is 4.05. The quantitative estimate of drug-likeness (QED) is 0.179. The van der Waals surface area contributed by atoms with E-state index in [-0.39, 0.29) is 106 Å². The second-order valence-electron chi connectivity index (χ2n) is 21.9. The van der Waals surface area contributed by atoms with Crippen LogP contribution in [0, 0.1) is 5.92 Å². The molecule has 10 saturated heterocycles. The van der Waals surface area contributed by atoms with Crippen molar-refractivity contribution in [3.8, 4) is 0 Å². The lowest BCUT2D eigenvalue weighted by Gasteiger charge is -2.47. The molecule has 73 heavy (non-hydrogen) atoms. The van der Waals surface area contributed by atoms with Crippen LogP contribution in [0.5, 0.6) is 0 Å². The van der Waals surface area contributed by atoms with Crippen molar-refractivity contribution in [2.45, 2.75) is 213 Å². The summed E-state index contributed by atoms with van der Waals surface area (Å²) in [6, 6.07) is 8.06. The molecule has 12 bridgehead atoms. The molecule has 10 heterocycles. The second kappa shape index (κ2) is 22.6. The number of amides is 4. The number of Topliss-reactive ketones (excluding diaryl/α,β-unsaturated/α-hetero) is 1. The molecule has 10 fully saturated rings. The number of carbonyl (C=O) groups is 5. The predicted octanol–water partition coefficient (Wildman–Crippen LogP) is 2.33. The van der Waals surface area contributed by atoms with Crippen LogP contribution in [0.3, 0.4) is 0 Å². The number of benzene rings is 1. The zero-order chi connectivity index (χ0) is 51.0. The molecule has 4 amide bonds. The first-order valence-electron chi connectivity index (χ1n) is 26.7. The number of methoxy groups -OCH3 is 1. The van der Waals surface area contributed by atoms with Gasteiger partial charge in [0, 0.05) is 71.4 Å². The van der Waals surface area contributed by atoms with Gasteiger partial charge in [0.1, 0.15) is 42.3 Å². The SMILES string of the molecule is C=C1C[C@@H]2CC[C@@]34C[C@H]5OC6C(O[C@H]7CC[C@H](CC(=O)C[C@@H]8[C@@H](OC)[C@@H](C[C@H](O)CNC(=O)CNC(=O)[C@H](Cc9ccccc9)NC(=O)CNC(C)=O)O[C@H]8C[C@H]8O[C@H](CCC8=C)CC[C@@H]1O2)O[C@@H]7[C@@H]6O3)[C@H]5O4. The summed E-state index contributed by atoms with van der Waals surface area (Å²) in [4.78, 5) is 64.7. The van der Waals surface area contributed by atoms with E-state index >= 15 is 0 Å². The number of ketones is 1. The summed E-state index contributed by atoms with van der Waals surface area (Å²) in [7, 11) is 1.58. The Balaban J connectivity index is 0.797. The first kappa shape index (κ1) is 52.3. The van der Waals surface area contributed by atoms with Crippen molar-refractivity contribution in [3.05, 3.63) is 60.2 Å². The Morgan fingerprint density at radius 2 is 1.48 bits per heavy atom. The van der Waals surface area contributed by atoms with Gasteiger partial charge in [0.2, 0.25) is 23.6 Å². The van der Waals surface area contributed by atoms with Crippen LogP contribution in [0.25, 0.3) is 0 Å². The molecule has 5 N–H and O–H groups in total. The molecule has 0 aromatic heterocycles. The van der Waals surface area contributed by atoms with Crippen molar-refractivity contribution < 1.29 is 71.7 Å². The van der Waals surface area contributed by atoms with Gasteiger partial charge in [0.25, 0.3) is 0 Å². The van der Waals surface area contributed by atoms with Crippen molar-refractivity contribution in [1.29, 1.82) is 0 Å². The van der Waals surface area contributed by atoms with E-state index in [1.807, 2.05) is 30.3 Å². The fourth-order valence-electron chi connectivity index (χ4n) is 13.1. The Hall–Kier alpha value is -4.15. The standard InChI is InChI=1S/C54H74N4O15/c1-28-10-11-34-12-14-39-29(2)18-36(67-39)16-17-54-24-44-49(72-54)50-51(71-44)52(73-54)48-40(70-50)15-13-35(68-48)20-32(60)21-37-42(23-41(28)66-34)69-43(47(37)65-4)22-33(61)25-56-45(62)26-57-53(64)38(19-31-8-6-5-7-9-31)58-46(63)27-55-30(3)59/h5-9,33-44,47-52,61H,1-2,10-27H2,3-4H3,(H,55,59)(H,56,62)(H,57,64)(H,58,63)/t33-,34+,35+,36-,37-,38-,39-,40-,41+,42-,43+,44+,47+,48-,49-,50?,51?,52-,54-/m0/s1. The maximum atomic E-state index is 14.4. The lowest BCUT2D eigenvalue weighted by atomic mass is 9.83. The highest BCUT2D eigenvalue weighted by Crippen LogP contribution is 2.54. The van der Waals surface area contributed by atoms with Gasteiger partial charge in [-0.2, -0.15) is 0 Å². The number of ether oxygens (including phenoxy) is 9. The zero-order valence-electron chi connectivity index (χ0n) is 42.1. The van der Waals surface area contributed by atoms with Gasteiger partial charge in [-0.1, -0.05) is 43.5 Å². The van der Waals surface area contributed by atoms with E-state index in [0.717, 1.165) is 55.2 Å². The number of carbonyl (C=O) groups excluding carboxylic acids is 5. The normalized spacial score (nSPS) is 39.7. The van der Waals surface area contributed by atoms with Crippen LogP contribution in [0.15, 0.2) is 54.6 Å². The van der Waals surface area contributed by atoms with Gasteiger partial charge < -0.3 is 69.0 Å². The fraction of sp³-hybridized carbons (Fsp3) is 0.722. The number of aliphatic hydroxyl groups excluding tert-OH is 1. The lowest BCUT2D eigenvalue weighted by molar-refractivity contribution is -0.292. The van der Waals surface area contributed by atoms with E-state index in [1.165, 1.54) is 6.92 Å². The first-order chi connectivity index (χ1) is 35.2. The van der Waals surface area contributed by atoms with Crippen LogP contribution >= 0.6 is 0 Å². The van der Waals surface area contributed by atoms with Gasteiger partial charge in [-0.3, -0.25) is 24.0 Å². The Morgan fingerprint density at radius 3 is 2.29 bits per heavy atom. The third kappa shape index (κ3) is 12.0. The van der Waals surface area contributed by atoms with Crippen LogP contribution in [0.2, 0.25) is 0 Å². The summed E-state index contributed by atoms with van der Waals surface area (Å²) in [5, 5.41) is 21.7. The Labute approximate surface area is 426 Å². The van der Waals surface area contributed by atoms with Crippen molar-refractivity contribution in [2.24, 2.45) is 5.92 Å². The van der Waals surface area contributed by atoms with Crippen LogP contribution in [-0.2, 0) is 73.0 Å². The molecule has 19 heteroatoms. The van der Waals surface area contributed by atoms with Gasteiger partial charge in [-0.05, 0) is 68.1 Å². The van der Waals surface area contributed by atoms with Crippen molar-refractivity contribution in [3.63, 3.8) is 0 Å². The molecule has 400 valence electrons. The highest BCUT2D eigenvalue weighted by atomic mass is 16.8. The van der Waals surface area contributed by atoms with Crippen LogP contribution in [0.1, 0.15) is 102 Å². The summed E-state index contributed by atoms with van der Waals surface area (Å²) in [6.45, 7) is 9.25. The minimum atomic E-state index is -1.08. The molecule has 11 rings (SSSR count). The third-order valence-electron chi connectivity index (χ3n) is 16.7. The van der Waals surface area contributed by atoms with E-state index in [2.05, 4.69) is 34.4 Å². The largest absolute Gasteiger partial charge is 0.391 e. The van der Waals surface area contributed by atoms with Crippen molar-refractivity contribution in [2.75, 3.05) is 26.7 Å². The number of hydrogen-bond donors (Lipinski definition) is 5.